The minimum Gasteiger partial charge on any atom is -0.490 e. The van der Waals surface area contributed by atoms with Crippen molar-refractivity contribution in [3.63, 3.8) is 0 Å². The van der Waals surface area contributed by atoms with E-state index >= 15 is 0 Å². The van der Waals surface area contributed by atoms with Crippen LogP contribution in [0.4, 0.5) is 4.79 Å². The average molecular weight is 504 g/mol. The third kappa shape index (κ3) is 4.92. The predicted octanol–water partition coefficient (Wildman–Crippen LogP) is 3.22. The van der Waals surface area contributed by atoms with Gasteiger partial charge < -0.3 is 23.9 Å². The number of nitrogens with one attached hydrogen (secondary N) is 1. The van der Waals surface area contributed by atoms with Crippen LogP contribution in [0.15, 0.2) is 38.9 Å². The van der Waals surface area contributed by atoms with Crippen LogP contribution in [0.5, 0.6) is 11.5 Å². The lowest BCUT2D eigenvalue weighted by Gasteiger charge is -2.13. The molecule has 1 aliphatic rings. The molecule has 0 bridgehead atoms. The van der Waals surface area contributed by atoms with Gasteiger partial charge in [-0.1, -0.05) is 0 Å². The topological polar surface area (TPSA) is 131 Å². The summed E-state index contributed by atoms with van der Waals surface area (Å²) < 4.78 is 21.4. The first-order chi connectivity index (χ1) is 15.4. The Balaban J connectivity index is 1.83. The molecule has 2 aromatic rings. The zero-order valence-electron chi connectivity index (χ0n) is 17.1. The summed E-state index contributed by atoms with van der Waals surface area (Å²) in [5.74, 6) is -0.272. The molecule has 1 aliphatic heterocycles. The van der Waals surface area contributed by atoms with E-state index in [0.29, 0.717) is 28.1 Å². The maximum atomic E-state index is 12.8. The second-order valence-electron chi connectivity index (χ2n) is 6.35. The van der Waals surface area contributed by atoms with Crippen LogP contribution in [0.2, 0.25) is 0 Å². The molecule has 2 heterocycles. The maximum absolute atomic E-state index is 12.8. The fourth-order valence-corrected chi connectivity index (χ4v) is 3.46. The summed E-state index contributed by atoms with van der Waals surface area (Å²) >= 11 is 3.37. The molecule has 0 saturated carbocycles. The number of nitriles is 1. The number of imide groups is 1. The van der Waals surface area contributed by atoms with Crippen molar-refractivity contribution < 1.29 is 33.0 Å². The van der Waals surface area contributed by atoms with Crippen LogP contribution in [0.3, 0.4) is 0 Å². The molecule has 0 spiro atoms. The van der Waals surface area contributed by atoms with Gasteiger partial charge >= 0.3 is 12.0 Å². The predicted molar refractivity (Wildman–Crippen MR) is 114 cm³/mol. The second-order valence-corrected chi connectivity index (χ2v) is 7.20. The molecule has 1 N–H and O–H groups in total. The van der Waals surface area contributed by atoms with Crippen molar-refractivity contribution in [1.82, 2.24) is 10.2 Å². The number of benzene rings is 1. The van der Waals surface area contributed by atoms with Gasteiger partial charge in [-0.05, 0) is 58.8 Å². The second kappa shape index (κ2) is 10.0. The van der Waals surface area contributed by atoms with Crippen LogP contribution in [0.25, 0.3) is 6.08 Å². The molecule has 0 aliphatic carbocycles. The van der Waals surface area contributed by atoms with Crippen LogP contribution in [-0.4, -0.2) is 43.1 Å². The van der Waals surface area contributed by atoms with Crippen molar-refractivity contribution in [3.8, 4) is 17.6 Å². The molecule has 3 rings (SSSR count). The third-order valence-electron chi connectivity index (χ3n) is 4.25. The normalized spacial score (nSPS) is 14.3. The van der Waals surface area contributed by atoms with Gasteiger partial charge in [-0.15, -0.1) is 0 Å². The number of rotatable bonds is 8. The number of nitrogens with zero attached hydrogens (tertiary/aromatic N) is 2. The van der Waals surface area contributed by atoms with Gasteiger partial charge in [0.15, 0.2) is 18.1 Å². The van der Waals surface area contributed by atoms with Crippen molar-refractivity contribution in [2.75, 3.05) is 20.3 Å². The highest BCUT2D eigenvalue weighted by atomic mass is 79.9. The highest BCUT2D eigenvalue weighted by Gasteiger charge is 2.34. The number of urea groups is 1. The van der Waals surface area contributed by atoms with Gasteiger partial charge in [0.05, 0.1) is 24.7 Å². The van der Waals surface area contributed by atoms with Crippen molar-refractivity contribution in [2.24, 2.45) is 0 Å². The van der Waals surface area contributed by atoms with Crippen molar-refractivity contribution in [1.29, 1.82) is 5.26 Å². The Morgan fingerprint density at radius 1 is 1.31 bits per heavy atom. The van der Waals surface area contributed by atoms with Crippen LogP contribution >= 0.6 is 15.9 Å². The molecule has 1 saturated heterocycles. The Labute approximate surface area is 191 Å². The van der Waals surface area contributed by atoms with Gasteiger partial charge in [-0.3, -0.25) is 9.69 Å². The fourth-order valence-electron chi connectivity index (χ4n) is 2.89. The molecule has 0 unspecified atom stereocenters. The Morgan fingerprint density at radius 3 is 2.78 bits per heavy atom. The zero-order chi connectivity index (χ0) is 23.3. The summed E-state index contributed by atoms with van der Waals surface area (Å²) in [6.07, 6.45) is 1.49. The largest absolute Gasteiger partial charge is 0.490 e. The molecular weight excluding hydrogens is 486 g/mol. The highest BCUT2D eigenvalue weighted by molar-refractivity contribution is 9.10. The summed E-state index contributed by atoms with van der Waals surface area (Å²) in [4.78, 5) is 37.6. The number of hydrogen-bond donors (Lipinski definition) is 1. The van der Waals surface area contributed by atoms with Crippen LogP contribution in [0.1, 0.15) is 28.8 Å². The number of carbonyl (C=O) groups is 3. The van der Waals surface area contributed by atoms with Crippen molar-refractivity contribution >= 4 is 39.9 Å². The van der Waals surface area contributed by atoms with Crippen molar-refractivity contribution in [3.05, 3.63) is 51.5 Å². The fraction of sp³-hybridized carbons (Fsp3) is 0.238. The highest BCUT2D eigenvalue weighted by Crippen LogP contribution is 2.37. The number of furan rings is 1. The van der Waals surface area contributed by atoms with Gasteiger partial charge in [-0.25, -0.2) is 9.59 Å². The van der Waals surface area contributed by atoms with Gasteiger partial charge in [0, 0.05) is 0 Å². The monoisotopic (exact) mass is 503 g/mol. The van der Waals surface area contributed by atoms with Gasteiger partial charge in [0.25, 0.3) is 5.91 Å². The molecule has 1 aromatic carbocycles. The SMILES string of the molecule is CCOc1cc(/C=C2\NC(=O)N(Cc3ccc(C(=O)OC)o3)C2=O)cc(Br)c1OCC#N. The van der Waals surface area contributed by atoms with E-state index in [1.165, 1.54) is 25.3 Å². The summed E-state index contributed by atoms with van der Waals surface area (Å²) in [5.41, 5.74) is 0.607. The molecule has 166 valence electrons. The van der Waals surface area contributed by atoms with E-state index in [1.807, 2.05) is 6.07 Å². The van der Waals surface area contributed by atoms with E-state index in [-0.39, 0.29) is 30.4 Å². The standard InChI is InChI=1S/C21H18BrN3O7/c1-3-30-17-10-12(8-14(22)18(17)31-7-6-23)9-15-19(26)25(21(28)24-15)11-13-4-5-16(32-13)20(27)29-2/h4-5,8-10H,3,7,11H2,1-2H3,(H,24,28)/b15-9-. The molecule has 0 radical (unpaired) electrons. The first kappa shape index (κ1) is 22.9. The van der Waals surface area contributed by atoms with E-state index in [9.17, 15) is 14.4 Å². The number of methoxy groups -OCH3 is 1. The molecule has 10 nitrogen and oxygen atoms in total. The quantitative estimate of drug-likeness (QED) is 0.330. The molecule has 3 amide bonds. The van der Waals surface area contributed by atoms with Gasteiger partial charge in [-0.2, -0.15) is 5.26 Å². The lowest BCUT2D eigenvalue weighted by Crippen LogP contribution is -2.30. The number of carbonyl (C=O) groups excluding carboxylic acids is 3. The summed E-state index contributed by atoms with van der Waals surface area (Å²) in [6.45, 7) is 1.84. The van der Waals surface area contributed by atoms with Crippen molar-refractivity contribution in [2.45, 2.75) is 13.5 Å². The zero-order valence-corrected chi connectivity index (χ0v) is 18.7. The molecule has 1 aromatic heterocycles. The first-order valence-electron chi connectivity index (χ1n) is 9.35. The average Bonchev–Trinajstić information content (AvgIpc) is 3.33. The van der Waals surface area contributed by atoms with E-state index in [2.05, 4.69) is 26.0 Å². The molecule has 32 heavy (non-hydrogen) atoms. The van der Waals surface area contributed by atoms with Crippen LogP contribution in [0, 0.1) is 11.3 Å². The third-order valence-corrected chi connectivity index (χ3v) is 4.84. The lowest BCUT2D eigenvalue weighted by atomic mass is 10.1. The Hall–Kier alpha value is -3.78. The van der Waals surface area contributed by atoms with E-state index in [0.717, 1.165) is 4.90 Å². The lowest BCUT2D eigenvalue weighted by molar-refractivity contribution is -0.123. The minimum absolute atomic E-state index is 0.0302. The number of ether oxygens (including phenoxy) is 3. The first-order valence-corrected chi connectivity index (χ1v) is 10.1. The van der Waals surface area contributed by atoms with Gasteiger partial charge in [0.2, 0.25) is 5.76 Å². The molecule has 0 atom stereocenters. The summed E-state index contributed by atoms with van der Waals surface area (Å²) in [7, 11) is 1.22. The van der Waals surface area contributed by atoms with E-state index in [4.69, 9.17) is 19.2 Å². The van der Waals surface area contributed by atoms with E-state index in [1.54, 1.807) is 19.1 Å². The minimum atomic E-state index is -0.660. The Bertz CT molecular complexity index is 1130. The van der Waals surface area contributed by atoms with Crippen LogP contribution in [-0.2, 0) is 16.1 Å². The van der Waals surface area contributed by atoms with Crippen LogP contribution < -0.4 is 14.8 Å². The number of amides is 3. The Morgan fingerprint density at radius 2 is 2.09 bits per heavy atom. The van der Waals surface area contributed by atoms with E-state index < -0.39 is 17.9 Å². The molecular formula is C21H18BrN3O7. The van der Waals surface area contributed by atoms with Gasteiger partial charge in [0.1, 0.15) is 17.5 Å². The smallest absolute Gasteiger partial charge is 0.373 e. The summed E-state index contributed by atoms with van der Waals surface area (Å²) in [6, 6.07) is 7.45. The summed E-state index contributed by atoms with van der Waals surface area (Å²) in [5, 5.41) is 11.3. The number of esters is 1. The Kier molecular flexibility index (Phi) is 7.17. The maximum Gasteiger partial charge on any atom is 0.373 e. The number of halogens is 1. The molecule has 11 heteroatoms. The molecule has 1 fully saturated rings. The number of hydrogen-bond acceptors (Lipinski definition) is 8.